The van der Waals surface area contributed by atoms with Crippen LogP contribution in [0.1, 0.15) is 46.5 Å². The average Bonchev–Trinajstić information content (AvgIpc) is 2.05. The summed E-state index contributed by atoms with van der Waals surface area (Å²) in [4.78, 5) is 11.0. The molecule has 1 rings (SSSR count). The molecule has 0 aromatic carbocycles. The Morgan fingerprint density at radius 3 is 2.40 bits per heavy atom. The Kier molecular flexibility index (Phi) is 4.25. The Labute approximate surface area is 91.0 Å². The van der Waals surface area contributed by atoms with Crippen molar-refractivity contribution in [1.29, 1.82) is 0 Å². The number of aliphatic hydroxyl groups is 1. The Hall–Kier alpha value is -0.450. The summed E-state index contributed by atoms with van der Waals surface area (Å²) in [5.41, 5.74) is -0.364. The molecule has 88 valence electrons. The second kappa shape index (κ2) is 5.05. The molecule has 0 spiro atoms. The smallest absolute Gasteiger partial charge is 0.214 e. The molecular weight excluding hydrogens is 194 g/mol. The fraction of sp³-hybridized carbons (Fsp3) is 0.909. The third kappa shape index (κ3) is 5.25. The summed E-state index contributed by atoms with van der Waals surface area (Å²) in [7, 11) is 0. The zero-order valence-corrected chi connectivity index (χ0v) is 9.75. The van der Waals surface area contributed by atoms with Crippen molar-refractivity contribution >= 4 is 5.78 Å². The fourth-order valence-corrected chi connectivity index (χ4v) is 1.68. The summed E-state index contributed by atoms with van der Waals surface area (Å²) in [5, 5.41) is 12.6. The molecule has 1 unspecified atom stereocenters. The molecule has 1 saturated carbocycles. The highest BCUT2D eigenvalue weighted by Gasteiger charge is 2.23. The maximum atomic E-state index is 11.0. The first-order valence-electron chi connectivity index (χ1n) is 5.50. The molecule has 1 atom stereocenters. The second-order valence-electron chi connectivity index (χ2n) is 5.06. The lowest BCUT2D eigenvalue weighted by Crippen LogP contribution is -2.45. The van der Waals surface area contributed by atoms with Gasteiger partial charge in [0.1, 0.15) is 5.78 Å². The summed E-state index contributed by atoms with van der Waals surface area (Å²) in [6, 6.07) is 0.194. The van der Waals surface area contributed by atoms with Gasteiger partial charge in [0.05, 0.1) is 5.60 Å². The van der Waals surface area contributed by atoms with E-state index in [-0.39, 0.29) is 11.6 Å². The van der Waals surface area contributed by atoms with Crippen LogP contribution >= 0.6 is 0 Å². The topological polar surface area (TPSA) is 58.6 Å². The van der Waals surface area contributed by atoms with E-state index in [9.17, 15) is 9.90 Å². The first-order chi connectivity index (χ1) is 6.87. The second-order valence-corrected chi connectivity index (χ2v) is 5.06. The lowest BCUT2D eigenvalue weighted by Gasteiger charge is -2.29. The number of hydrogen-bond acceptors (Lipinski definition) is 4. The van der Waals surface area contributed by atoms with Gasteiger partial charge in [-0.25, -0.2) is 0 Å². The van der Waals surface area contributed by atoms with Gasteiger partial charge in [-0.1, -0.05) is 0 Å². The van der Waals surface area contributed by atoms with Crippen LogP contribution in [0.4, 0.5) is 0 Å². The minimum atomic E-state index is -0.941. The number of ether oxygens (including phenoxy) is 1. The molecule has 2 N–H and O–H groups in total. The Morgan fingerprint density at radius 1 is 1.40 bits per heavy atom. The van der Waals surface area contributed by atoms with Crippen molar-refractivity contribution in [2.45, 2.75) is 64.5 Å². The minimum Gasteiger partial charge on any atom is -0.356 e. The summed E-state index contributed by atoms with van der Waals surface area (Å²) in [6.45, 7) is 5.67. The van der Waals surface area contributed by atoms with Crippen molar-refractivity contribution in [2.24, 2.45) is 0 Å². The van der Waals surface area contributed by atoms with E-state index in [4.69, 9.17) is 4.74 Å². The van der Waals surface area contributed by atoms with Gasteiger partial charge in [0.2, 0.25) is 6.41 Å². The summed E-state index contributed by atoms with van der Waals surface area (Å²) >= 11 is 0. The molecule has 0 bridgehead atoms. The van der Waals surface area contributed by atoms with Crippen LogP contribution in [0.3, 0.4) is 0 Å². The number of aliphatic hydroxyl groups excluding tert-OH is 1. The molecule has 0 aromatic rings. The fourth-order valence-electron chi connectivity index (χ4n) is 1.68. The third-order valence-corrected chi connectivity index (χ3v) is 2.39. The Bertz CT molecular complexity index is 212. The van der Waals surface area contributed by atoms with Crippen molar-refractivity contribution < 1.29 is 14.6 Å². The molecule has 0 saturated heterocycles. The molecule has 0 radical (unpaired) electrons. The zero-order chi connectivity index (χ0) is 11.5. The van der Waals surface area contributed by atoms with Gasteiger partial charge >= 0.3 is 0 Å². The van der Waals surface area contributed by atoms with Gasteiger partial charge in [0.25, 0.3) is 0 Å². The molecule has 15 heavy (non-hydrogen) atoms. The van der Waals surface area contributed by atoms with E-state index >= 15 is 0 Å². The van der Waals surface area contributed by atoms with Crippen LogP contribution in [-0.2, 0) is 9.53 Å². The normalized spacial score (nSPS) is 21.7. The predicted octanol–water partition coefficient (Wildman–Crippen LogP) is 1.18. The number of ketones is 1. The van der Waals surface area contributed by atoms with E-state index in [0.29, 0.717) is 18.6 Å². The first kappa shape index (κ1) is 12.6. The van der Waals surface area contributed by atoms with Crippen LogP contribution in [0.5, 0.6) is 0 Å². The van der Waals surface area contributed by atoms with Crippen LogP contribution in [-0.4, -0.2) is 28.9 Å². The molecule has 0 aromatic heterocycles. The minimum absolute atomic E-state index is 0.194. The summed E-state index contributed by atoms with van der Waals surface area (Å²) < 4.78 is 5.33. The zero-order valence-electron chi connectivity index (χ0n) is 9.75. The van der Waals surface area contributed by atoms with Crippen molar-refractivity contribution in [2.75, 3.05) is 0 Å². The quantitative estimate of drug-likeness (QED) is 0.694. The highest BCUT2D eigenvalue weighted by atomic mass is 16.6. The SMILES string of the molecule is CC(C)(C)OC(O)NC1CCC(=O)CC1. The number of carbonyl (C=O) groups excluding carboxylic acids is 1. The lowest BCUT2D eigenvalue weighted by molar-refractivity contribution is -0.186. The lowest BCUT2D eigenvalue weighted by atomic mass is 9.94. The van der Waals surface area contributed by atoms with Crippen molar-refractivity contribution in [3.8, 4) is 0 Å². The van der Waals surface area contributed by atoms with Crippen LogP contribution in [0.15, 0.2) is 0 Å². The maximum Gasteiger partial charge on any atom is 0.214 e. The molecule has 0 aliphatic heterocycles. The van der Waals surface area contributed by atoms with E-state index < -0.39 is 6.41 Å². The van der Waals surface area contributed by atoms with Crippen LogP contribution in [0.2, 0.25) is 0 Å². The van der Waals surface area contributed by atoms with Gasteiger partial charge in [-0.3, -0.25) is 10.1 Å². The van der Waals surface area contributed by atoms with Crippen molar-refractivity contribution in [3.63, 3.8) is 0 Å². The monoisotopic (exact) mass is 215 g/mol. The number of hydrogen-bond donors (Lipinski definition) is 2. The van der Waals surface area contributed by atoms with Crippen LogP contribution in [0.25, 0.3) is 0 Å². The van der Waals surface area contributed by atoms with Crippen molar-refractivity contribution in [1.82, 2.24) is 5.32 Å². The van der Waals surface area contributed by atoms with Gasteiger partial charge < -0.3 is 9.84 Å². The van der Waals surface area contributed by atoms with E-state index in [1.54, 1.807) is 0 Å². The summed E-state index contributed by atoms with van der Waals surface area (Å²) in [6.07, 6.45) is 1.87. The molecule has 1 fully saturated rings. The van der Waals surface area contributed by atoms with Gasteiger partial charge in [-0.05, 0) is 33.6 Å². The molecule has 0 amide bonds. The van der Waals surface area contributed by atoms with Crippen LogP contribution < -0.4 is 5.32 Å². The summed E-state index contributed by atoms with van der Waals surface area (Å²) in [5.74, 6) is 0.319. The maximum absolute atomic E-state index is 11.0. The van der Waals surface area contributed by atoms with E-state index in [2.05, 4.69) is 5.32 Å². The molecule has 4 nitrogen and oxygen atoms in total. The largest absolute Gasteiger partial charge is 0.356 e. The van der Waals surface area contributed by atoms with E-state index in [1.807, 2.05) is 20.8 Å². The van der Waals surface area contributed by atoms with E-state index in [1.165, 1.54) is 0 Å². The Balaban J connectivity index is 2.26. The van der Waals surface area contributed by atoms with Crippen molar-refractivity contribution in [3.05, 3.63) is 0 Å². The van der Waals surface area contributed by atoms with Gasteiger partial charge in [-0.2, -0.15) is 0 Å². The third-order valence-electron chi connectivity index (χ3n) is 2.39. The molecular formula is C11H21NO3. The highest BCUT2D eigenvalue weighted by molar-refractivity contribution is 5.79. The number of carbonyl (C=O) groups is 1. The Morgan fingerprint density at radius 2 is 1.93 bits per heavy atom. The van der Waals surface area contributed by atoms with Gasteiger partial charge in [0.15, 0.2) is 0 Å². The number of nitrogens with one attached hydrogen (secondary N) is 1. The number of rotatable bonds is 3. The van der Waals surface area contributed by atoms with Crippen LogP contribution in [0, 0.1) is 0 Å². The molecule has 1 aliphatic rings. The predicted molar refractivity (Wildman–Crippen MR) is 57.2 cm³/mol. The number of Topliss-reactive ketones (excluding diaryl/α,β-unsaturated/α-hetero) is 1. The van der Waals surface area contributed by atoms with Gasteiger partial charge in [0, 0.05) is 18.9 Å². The molecule has 1 aliphatic carbocycles. The highest BCUT2D eigenvalue weighted by Crippen LogP contribution is 2.16. The standard InChI is InChI=1S/C11H21NO3/c1-11(2,3)15-10(14)12-8-4-6-9(13)7-5-8/h8,10,12,14H,4-7H2,1-3H3. The van der Waals surface area contributed by atoms with E-state index in [0.717, 1.165) is 12.8 Å². The average molecular weight is 215 g/mol. The molecule has 4 heteroatoms. The molecule has 0 heterocycles. The van der Waals surface area contributed by atoms with Gasteiger partial charge in [-0.15, -0.1) is 0 Å². The first-order valence-corrected chi connectivity index (χ1v) is 5.50.